The molecule has 0 bridgehead atoms. The number of hydrogen-bond donors (Lipinski definition) is 0. The Kier molecular flexibility index (Phi) is 6.64. The molecule has 1 saturated heterocycles. The van der Waals surface area contributed by atoms with Gasteiger partial charge in [0.15, 0.2) is 0 Å². The minimum absolute atomic E-state index is 0.160. The molecule has 3 rings (SSSR count). The number of carbonyl (C=O) groups excluding carboxylic acids is 2. The molecule has 1 aliphatic heterocycles. The van der Waals surface area contributed by atoms with E-state index in [4.69, 9.17) is 4.74 Å². The van der Waals surface area contributed by atoms with Gasteiger partial charge in [0.1, 0.15) is 5.69 Å². The van der Waals surface area contributed by atoms with Crippen LogP contribution in [0.1, 0.15) is 29.9 Å². The van der Waals surface area contributed by atoms with Gasteiger partial charge in [0.25, 0.3) is 5.91 Å². The van der Waals surface area contributed by atoms with E-state index in [2.05, 4.69) is 9.97 Å². The van der Waals surface area contributed by atoms with Crippen LogP contribution < -0.4 is 9.80 Å². The van der Waals surface area contributed by atoms with E-state index in [0.717, 1.165) is 11.3 Å². The topological polar surface area (TPSA) is 78.9 Å². The lowest BCUT2D eigenvalue weighted by Gasteiger charge is -2.34. The SMILES string of the molecule is CCOC(=O)N1CCN(c2nccc(C(=O)N(CC)c3cccc(C)c3)n2)CC1. The molecule has 2 aromatic rings. The van der Waals surface area contributed by atoms with Crippen molar-refractivity contribution >= 4 is 23.6 Å². The van der Waals surface area contributed by atoms with Crippen LogP contribution in [0, 0.1) is 6.92 Å². The van der Waals surface area contributed by atoms with E-state index in [0.29, 0.717) is 51.0 Å². The largest absolute Gasteiger partial charge is 0.450 e. The normalized spacial score (nSPS) is 13.9. The number of aromatic nitrogens is 2. The number of ether oxygens (including phenoxy) is 1. The minimum atomic E-state index is -0.297. The zero-order valence-electron chi connectivity index (χ0n) is 17.2. The second kappa shape index (κ2) is 9.36. The molecule has 8 heteroatoms. The molecule has 154 valence electrons. The second-order valence-electron chi connectivity index (χ2n) is 6.80. The third-order valence-electron chi connectivity index (χ3n) is 4.83. The Balaban J connectivity index is 1.72. The average Bonchev–Trinajstić information content (AvgIpc) is 2.75. The van der Waals surface area contributed by atoms with Crippen LogP contribution in [0.2, 0.25) is 0 Å². The third kappa shape index (κ3) is 4.82. The van der Waals surface area contributed by atoms with Gasteiger partial charge in [-0.2, -0.15) is 0 Å². The Labute approximate surface area is 171 Å². The van der Waals surface area contributed by atoms with Gasteiger partial charge in [-0.05, 0) is 44.5 Å². The zero-order valence-corrected chi connectivity index (χ0v) is 17.2. The highest BCUT2D eigenvalue weighted by atomic mass is 16.6. The van der Waals surface area contributed by atoms with Gasteiger partial charge in [0.05, 0.1) is 6.61 Å². The fourth-order valence-corrected chi connectivity index (χ4v) is 3.30. The number of piperazine rings is 1. The van der Waals surface area contributed by atoms with Crippen molar-refractivity contribution < 1.29 is 14.3 Å². The lowest BCUT2D eigenvalue weighted by molar-refractivity contribution is 0.0983. The minimum Gasteiger partial charge on any atom is -0.450 e. The first-order valence-electron chi connectivity index (χ1n) is 9.91. The van der Waals surface area contributed by atoms with Crippen molar-refractivity contribution in [1.29, 1.82) is 0 Å². The molecule has 1 aromatic carbocycles. The van der Waals surface area contributed by atoms with E-state index in [9.17, 15) is 9.59 Å². The summed E-state index contributed by atoms with van der Waals surface area (Å²) in [5, 5.41) is 0. The number of amides is 2. The molecule has 0 saturated carbocycles. The summed E-state index contributed by atoms with van der Waals surface area (Å²) in [7, 11) is 0. The average molecular weight is 397 g/mol. The highest BCUT2D eigenvalue weighted by Gasteiger charge is 2.25. The number of nitrogens with zero attached hydrogens (tertiary/aromatic N) is 5. The quantitative estimate of drug-likeness (QED) is 0.772. The van der Waals surface area contributed by atoms with Crippen LogP contribution in [0.3, 0.4) is 0 Å². The summed E-state index contributed by atoms with van der Waals surface area (Å²) in [4.78, 5) is 39.1. The summed E-state index contributed by atoms with van der Waals surface area (Å²) < 4.78 is 5.05. The molecule has 1 fully saturated rings. The number of hydrogen-bond acceptors (Lipinski definition) is 6. The lowest BCUT2D eigenvalue weighted by atomic mass is 10.2. The molecule has 1 aliphatic rings. The van der Waals surface area contributed by atoms with Gasteiger partial charge in [-0.15, -0.1) is 0 Å². The van der Waals surface area contributed by atoms with Crippen LogP contribution in [0.5, 0.6) is 0 Å². The first kappa shape index (κ1) is 20.6. The number of anilines is 2. The Hall–Kier alpha value is -3.16. The van der Waals surface area contributed by atoms with E-state index in [1.54, 1.807) is 29.0 Å². The molecular formula is C21H27N5O3. The second-order valence-corrected chi connectivity index (χ2v) is 6.80. The van der Waals surface area contributed by atoms with Crippen molar-refractivity contribution in [2.75, 3.05) is 49.1 Å². The summed E-state index contributed by atoms with van der Waals surface area (Å²) in [6.45, 7) is 8.88. The third-order valence-corrected chi connectivity index (χ3v) is 4.83. The molecule has 0 unspecified atom stereocenters. The molecule has 8 nitrogen and oxygen atoms in total. The summed E-state index contributed by atoms with van der Waals surface area (Å²) in [6.07, 6.45) is 1.31. The smallest absolute Gasteiger partial charge is 0.409 e. The van der Waals surface area contributed by atoms with Crippen LogP contribution in [-0.2, 0) is 4.74 Å². The van der Waals surface area contributed by atoms with Crippen LogP contribution in [-0.4, -0.2) is 66.2 Å². The molecule has 1 aromatic heterocycles. The van der Waals surface area contributed by atoms with E-state index in [1.807, 2.05) is 43.0 Å². The standard InChI is InChI=1S/C21H27N5O3/c1-4-26(17-8-6-7-16(3)15-17)19(27)18-9-10-22-20(23-18)24-11-13-25(14-12-24)21(28)29-5-2/h6-10,15H,4-5,11-14H2,1-3H3. The van der Waals surface area contributed by atoms with Gasteiger partial charge in [0.2, 0.25) is 5.95 Å². The Morgan fingerprint density at radius 3 is 2.55 bits per heavy atom. The summed E-state index contributed by atoms with van der Waals surface area (Å²) in [5.41, 5.74) is 2.29. The van der Waals surface area contributed by atoms with Gasteiger partial charge < -0.3 is 19.4 Å². The predicted molar refractivity (Wildman–Crippen MR) is 111 cm³/mol. The van der Waals surface area contributed by atoms with Crippen LogP contribution >= 0.6 is 0 Å². The number of benzene rings is 1. The Morgan fingerprint density at radius 1 is 1.14 bits per heavy atom. The number of aryl methyl sites for hydroxylation is 1. The van der Waals surface area contributed by atoms with Crippen molar-refractivity contribution in [1.82, 2.24) is 14.9 Å². The van der Waals surface area contributed by atoms with Crippen molar-refractivity contribution in [3.05, 3.63) is 47.8 Å². The molecule has 0 atom stereocenters. The maximum atomic E-state index is 13.1. The van der Waals surface area contributed by atoms with Crippen LogP contribution in [0.15, 0.2) is 36.5 Å². The molecule has 2 amide bonds. The summed E-state index contributed by atoms with van der Waals surface area (Å²) in [5.74, 6) is 0.339. The fourth-order valence-electron chi connectivity index (χ4n) is 3.30. The van der Waals surface area contributed by atoms with Crippen LogP contribution in [0.4, 0.5) is 16.4 Å². The number of rotatable bonds is 5. The number of carbonyl (C=O) groups is 2. The van der Waals surface area contributed by atoms with E-state index >= 15 is 0 Å². The first-order valence-corrected chi connectivity index (χ1v) is 9.91. The predicted octanol–water partition coefficient (Wildman–Crippen LogP) is 2.73. The summed E-state index contributed by atoms with van der Waals surface area (Å²) >= 11 is 0. The lowest BCUT2D eigenvalue weighted by Crippen LogP contribution is -2.49. The fraction of sp³-hybridized carbons (Fsp3) is 0.429. The van der Waals surface area contributed by atoms with E-state index < -0.39 is 0 Å². The highest BCUT2D eigenvalue weighted by molar-refractivity contribution is 6.04. The van der Waals surface area contributed by atoms with Crippen molar-refractivity contribution in [3.63, 3.8) is 0 Å². The molecule has 29 heavy (non-hydrogen) atoms. The van der Waals surface area contributed by atoms with Crippen molar-refractivity contribution in [2.24, 2.45) is 0 Å². The molecule has 0 aliphatic carbocycles. The van der Waals surface area contributed by atoms with Gasteiger partial charge in [0, 0.05) is 44.6 Å². The molecule has 0 spiro atoms. The van der Waals surface area contributed by atoms with Gasteiger partial charge in [-0.25, -0.2) is 14.8 Å². The zero-order chi connectivity index (χ0) is 20.8. The summed E-state index contributed by atoms with van der Waals surface area (Å²) in [6, 6.07) is 9.48. The van der Waals surface area contributed by atoms with Crippen molar-refractivity contribution in [2.45, 2.75) is 20.8 Å². The molecule has 0 radical (unpaired) electrons. The van der Waals surface area contributed by atoms with E-state index in [-0.39, 0.29) is 12.0 Å². The molecule has 2 heterocycles. The van der Waals surface area contributed by atoms with Crippen molar-refractivity contribution in [3.8, 4) is 0 Å². The Morgan fingerprint density at radius 2 is 1.90 bits per heavy atom. The maximum absolute atomic E-state index is 13.1. The van der Waals surface area contributed by atoms with Gasteiger partial charge in [-0.1, -0.05) is 12.1 Å². The Bertz CT molecular complexity index is 865. The molecular weight excluding hydrogens is 370 g/mol. The van der Waals surface area contributed by atoms with Crippen LogP contribution in [0.25, 0.3) is 0 Å². The monoisotopic (exact) mass is 397 g/mol. The van der Waals surface area contributed by atoms with E-state index in [1.165, 1.54) is 0 Å². The maximum Gasteiger partial charge on any atom is 0.409 e. The molecule has 0 N–H and O–H groups in total. The van der Waals surface area contributed by atoms with Gasteiger partial charge >= 0.3 is 6.09 Å². The highest BCUT2D eigenvalue weighted by Crippen LogP contribution is 2.19. The first-order chi connectivity index (χ1) is 14.0. The van der Waals surface area contributed by atoms with Gasteiger partial charge in [-0.3, -0.25) is 4.79 Å².